The van der Waals surface area contributed by atoms with Crippen LogP contribution in [0.4, 0.5) is 5.95 Å². The van der Waals surface area contributed by atoms with Crippen LogP contribution in [0.5, 0.6) is 0 Å². The van der Waals surface area contributed by atoms with E-state index in [4.69, 9.17) is 4.74 Å². The number of halogens is 1. The lowest BCUT2D eigenvalue weighted by molar-refractivity contribution is -0.139. The van der Waals surface area contributed by atoms with Crippen LogP contribution in [0.1, 0.15) is 25.5 Å². The highest BCUT2D eigenvalue weighted by Gasteiger charge is 2.36. The summed E-state index contributed by atoms with van der Waals surface area (Å²) in [6, 6.07) is 9.02. The molecule has 0 aliphatic carbocycles. The van der Waals surface area contributed by atoms with Crippen molar-refractivity contribution in [2.45, 2.75) is 19.9 Å². The van der Waals surface area contributed by atoms with Crippen LogP contribution in [-0.2, 0) is 9.53 Å². The van der Waals surface area contributed by atoms with Gasteiger partial charge in [0.1, 0.15) is 6.04 Å². The molecule has 1 atom stereocenters. The van der Waals surface area contributed by atoms with E-state index in [0.717, 1.165) is 11.3 Å². The van der Waals surface area contributed by atoms with E-state index in [1.807, 2.05) is 43.5 Å². The predicted molar refractivity (Wildman–Crippen MR) is 99.7 cm³/mol. The first-order chi connectivity index (χ1) is 12.7. The Morgan fingerprint density at radius 3 is 2.85 bits per heavy atom. The number of tetrazole rings is 1. The number of nitrogens with zero attached hydrogens (tertiary/aromatic N) is 6. The summed E-state index contributed by atoms with van der Waals surface area (Å²) in [5, 5.41) is 19.2. The average molecular weight is 388 g/mol. The van der Waals surface area contributed by atoms with Gasteiger partial charge in [0.2, 0.25) is 5.95 Å². The van der Waals surface area contributed by atoms with Crippen LogP contribution in [0.25, 0.3) is 5.69 Å². The zero-order chi connectivity index (χ0) is 18.1. The van der Waals surface area contributed by atoms with Crippen molar-refractivity contribution in [2.75, 3.05) is 11.9 Å². The van der Waals surface area contributed by atoms with E-state index in [2.05, 4.69) is 25.9 Å². The lowest BCUT2D eigenvalue weighted by atomic mass is 9.94. The summed E-state index contributed by atoms with van der Waals surface area (Å²) in [5.74, 6) is 0.0646. The van der Waals surface area contributed by atoms with Gasteiger partial charge in [0.25, 0.3) is 0 Å². The Hall–Kier alpha value is -3.20. The van der Waals surface area contributed by atoms with Crippen LogP contribution in [0, 0.1) is 0 Å². The first-order valence-corrected chi connectivity index (χ1v) is 8.22. The number of allylic oxidation sites excluding steroid dienone is 1. The van der Waals surface area contributed by atoms with Gasteiger partial charge in [-0.2, -0.15) is 9.78 Å². The van der Waals surface area contributed by atoms with Crippen molar-refractivity contribution in [3.05, 3.63) is 59.6 Å². The molecule has 3 aromatic rings. The summed E-state index contributed by atoms with van der Waals surface area (Å²) < 4.78 is 8.62. The molecule has 0 saturated heterocycles. The monoisotopic (exact) mass is 387 g/mol. The quantitative estimate of drug-likeness (QED) is 0.684. The summed E-state index contributed by atoms with van der Waals surface area (Å²) in [6.45, 7) is 3.87. The fourth-order valence-corrected chi connectivity index (χ4v) is 3.11. The number of fused-ring (bicyclic) bond motifs is 1. The Bertz CT molecular complexity index is 981. The summed E-state index contributed by atoms with van der Waals surface area (Å²) >= 11 is 0. The van der Waals surface area contributed by atoms with E-state index in [0.29, 0.717) is 17.2 Å². The molecule has 0 saturated carbocycles. The standard InChI is InChI=1S/C17H17N7O2.ClH/c1-3-26-16(25)14-11(2)19-17-20-21-22-24(17)15(14)12-7-4-5-8-13(12)23-10-6-9-18-23;/h4-10,15H,3H2,1-2H3,(H,19,20,22);1H. The van der Waals surface area contributed by atoms with Crippen molar-refractivity contribution in [1.82, 2.24) is 30.0 Å². The molecule has 140 valence electrons. The Balaban J connectivity index is 0.00000210. The van der Waals surface area contributed by atoms with E-state index in [9.17, 15) is 4.79 Å². The SMILES string of the molecule is CCOC(=O)C1=C(C)Nc2nnnn2C1c1ccccc1-n1cccn1.Cl. The minimum atomic E-state index is -0.527. The van der Waals surface area contributed by atoms with Gasteiger partial charge in [0.05, 0.1) is 17.9 Å². The van der Waals surface area contributed by atoms with Gasteiger partial charge in [-0.15, -0.1) is 12.4 Å². The number of benzene rings is 1. The molecule has 1 aromatic carbocycles. The van der Waals surface area contributed by atoms with Crippen molar-refractivity contribution in [2.24, 2.45) is 0 Å². The van der Waals surface area contributed by atoms with Gasteiger partial charge in [-0.05, 0) is 36.4 Å². The molecule has 0 fully saturated rings. The van der Waals surface area contributed by atoms with E-state index >= 15 is 0 Å². The summed E-state index contributed by atoms with van der Waals surface area (Å²) in [5.41, 5.74) is 2.80. The van der Waals surface area contributed by atoms with Crippen LogP contribution in [0.15, 0.2) is 54.0 Å². The van der Waals surface area contributed by atoms with Crippen LogP contribution >= 0.6 is 12.4 Å². The predicted octanol–water partition coefficient (Wildman–Crippen LogP) is 2.13. The van der Waals surface area contributed by atoms with Gasteiger partial charge < -0.3 is 10.1 Å². The third kappa shape index (κ3) is 3.17. The van der Waals surface area contributed by atoms with E-state index in [1.165, 1.54) is 0 Å². The molecule has 1 aliphatic rings. The van der Waals surface area contributed by atoms with E-state index in [-0.39, 0.29) is 19.0 Å². The van der Waals surface area contributed by atoms with E-state index < -0.39 is 12.0 Å². The van der Waals surface area contributed by atoms with Crippen LogP contribution in [-0.4, -0.2) is 42.6 Å². The number of para-hydroxylation sites is 1. The number of ether oxygens (including phenoxy) is 1. The molecular weight excluding hydrogens is 370 g/mol. The summed E-state index contributed by atoms with van der Waals surface area (Å²) in [6.07, 6.45) is 3.55. The van der Waals surface area contributed by atoms with Gasteiger partial charge in [-0.3, -0.25) is 0 Å². The lowest BCUT2D eigenvalue weighted by Gasteiger charge is -2.28. The molecule has 0 amide bonds. The maximum Gasteiger partial charge on any atom is 0.338 e. The largest absolute Gasteiger partial charge is 0.463 e. The van der Waals surface area contributed by atoms with E-state index in [1.54, 1.807) is 22.5 Å². The highest BCUT2D eigenvalue weighted by molar-refractivity contribution is 5.92. The van der Waals surface area contributed by atoms with Gasteiger partial charge in [-0.1, -0.05) is 23.3 Å². The van der Waals surface area contributed by atoms with Gasteiger partial charge in [-0.25, -0.2) is 9.48 Å². The van der Waals surface area contributed by atoms with Gasteiger partial charge in [0, 0.05) is 23.7 Å². The molecule has 1 unspecified atom stereocenters. The van der Waals surface area contributed by atoms with Crippen molar-refractivity contribution < 1.29 is 9.53 Å². The first kappa shape index (κ1) is 18.6. The van der Waals surface area contributed by atoms with Gasteiger partial charge >= 0.3 is 5.97 Å². The third-order valence-corrected chi connectivity index (χ3v) is 4.19. The Kier molecular flexibility index (Phi) is 5.22. The average Bonchev–Trinajstić information content (AvgIpc) is 3.32. The highest BCUT2D eigenvalue weighted by atomic mass is 35.5. The normalized spacial score (nSPS) is 15.6. The number of rotatable bonds is 4. The summed E-state index contributed by atoms with van der Waals surface area (Å²) in [4.78, 5) is 12.7. The fraction of sp³-hybridized carbons (Fsp3) is 0.235. The smallest absolute Gasteiger partial charge is 0.338 e. The second-order valence-corrected chi connectivity index (χ2v) is 5.74. The number of nitrogens with one attached hydrogen (secondary N) is 1. The molecule has 0 spiro atoms. The molecule has 4 rings (SSSR count). The number of aromatic nitrogens is 6. The molecular formula is C17H18ClN7O2. The van der Waals surface area contributed by atoms with Crippen molar-refractivity contribution in [1.29, 1.82) is 0 Å². The number of esters is 1. The summed E-state index contributed by atoms with van der Waals surface area (Å²) in [7, 11) is 0. The second kappa shape index (κ2) is 7.58. The molecule has 9 nitrogen and oxygen atoms in total. The molecule has 0 radical (unpaired) electrons. The van der Waals surface area contributed by atoms with Crippen LogP contribution in [0.2, 0.25) is 0 Å². The van der Waals surface area contributed by atoms with Crippen LogP contribution < -0.4 is 5.32 Å². The molecule has 3 heterocycles. The zero-order valence-corrected chi connectivity index (χ0v) is 15.6. The molecule has 2 aromatic heterocycles. The van der Waals surface area contributed by atoms with Crippen molar-refractivity contribution in [3.63, 3.8) is 0 Å². The highest BCUT2D eigenvalue weighted by Crippen LogP contribution is 2.37. The Labute approximate surface area is 161 Å². The molecule has 1 N–H and O–H groups in total. The maximum absolute atomic E-state index is 12.7. The van der Waals surface area contributed by atoms with Crippen LogP contribution in [0.3, 0.4) is 0 Å². The Morgan fingerprint density at radius 1 is 1.30 bits per heavy atom. The zero-order valence-electron chi connectivity index (χ0n) is 14.7. The molecule has 0 bridgehead atoms. The molecule has 10 heteroatoms. The van der Waals surface area contributed by atoms with Crippen molar-refractivity contribution in [3.8, 4) is 5.69 Å². The van der Waals surface area contributed by atoms with Gasteiger partial charge in [0.15, 0.2) is 0 Å². The number of anilines is 1. The first-order valence-electron chi connectivity index (χ1n) is 8.22. The topological polar surface area (TPSA) is 99.8 Å². The number of carbonyl (C=O) groups excluding carboxylic acids is 1. The second-order valence-electron chi connectivity index (χ2n) is 5.74. The maximum atomic E-state index is 12.7. The van der Waals surface area contributed by atoms with Crippen molar-refractivity contribution >= 4 is 24.3 Å². The molecule has 1 aliphatic heterocycles. The Morgan fingerprint density at radius 2 is 2.11 bits per heavy atom. The number of hydrogen-bond acceptors (Lipinski definition) is 7. The molecule has 27 heavy (non-hydrogen) atoms. The lowest BCUT2D eigenvalue weighted by Crippen LogP contribution is -2.30. The third-order valence-electron chi connectivity index (χ3n) is 4.19. The minimum absolute atomic E-state index is 0. The number of hydrogen-bond donors (Lipinski definition) is 1. The number of carbonyl (C=O) groups is 1. The minimum Gasteiger partial charge on any atom is -0.463 e. The fourth-order valence-electron chi connectivity index (χ4n) is 3.11.